The topological polar surface area (TPSA) is 71.2 Å². The highest BCUT2D eigenvalue weighted by Crippen LogP contribution is 2.57. The van der Waals surface area contributed by atoms with Crippen molar-refractivity contribution in [2.75, 3.05) is 61.7 Å². The van der Waals surface area contributed by atoms with Gasteiger partial charge in [0.15, 0.2) is 0 Å². The van der Waals surface area contributed by atoms with E-state index in [1.165, 1.54) is 64.2 Å². The predicted octanol–water partition coefficient (Wildman–Crippen LogP) is 9.64. The van der Waals surface area contributed by atoms with E-state index in [0.717, 1.165) is 85.2 Å². The summed E-state index contributed by atoms with van der Waals surface area (Å²) in [7, 11) is 8.21. The van der Waals surface area contributed by atoms with Crippen LogP contribution in [-0.2, 0) is 0 Å². The Balaban J connectivity index is 0.884. The lowest BCUT2D eigenvalue weighted by molar-refractivity contribution is -0.0574. The Morgan fingerprint density at radius 2 is 0.778 bits per heavy atom. The van der Waals surface area contributed by atoms with E-state index in [9.17, 15) is 9.59 Å². The number of carbonyl (C=O) groups excluding carboxylic acids is 2. The van der Waals surface area contributed by atoms with E-state index in [1.807, 2.05) is 0 Å². The number of benzene rings is 2. The van der Waals surface area contributed by atoms with Gasteiger partial charge in [0.25, 0.3) is 0 Å². The zero-order valence-corrected chi connectivity index (χ0v) is 33.5. The van der Waals surface area contributed by atoms with Gasteiger partial charge in [-0.05, 0) is 198 Å². The molecular weight excluding hydrogens is 669 g/mol. The Morgan fingerprint density at radius 3 is 1.06 bits per heavy atom. The summed E-state index contributed by atoms with van der Waals surface area (Å²) < 4.78 is 0. The molecule has 9 saturated carbocycles. The van der Waals surface area contributed by atoms with Crippen molar-refractivity contribution >= 4 is 34.8 Å². The first-order valence-corrected chi connectivity index (χ1v) is 21.8. The molecule has 0 atom stereocenters. The van der Waals surface area contributed by atoms with Crippen molar-refractivity contribution < 1.29 is 9.59 Å². The molecular formula is C46H66N6O2. The van der Waals surface area contributed by atoms with E-state index >= 15 is 0 Å². The molecule has 0 saturated heterocycles. The van der Waals surface area contributed by atoms with Crippen molar-refractivity contribution in [1.82, 2.24) is 9.80 Å². The van der Waals surface area contributed by atoms with Gasteiger partial charge in [-0.1, -0.05) is 0 Å². The van der Waals surface area contributed by atoms with Crippen LogP contribution in [0.15, 0.2) is 48.5 Å². The average Bonchev–Trinajstić information content (AvgIpc) is 3.14. The number of nitrogens with zero attached hydrogens (tertiary/aromatic N) is 4. The lowest BCUT2D eigenvalue weighted by atomic mass is 9.53. The van der Waals surface area contributed by atoms with Crippen LogP contribution in [0.2, 0.25) is 0 Å². The van der Waals surface area contributed by atoms with Crippen LogP contribution < -0.4 is 20.4 Å². The third-order valence-electron chi connectivity index (χ3n) is 15.7. The van der Waals surface area contributed by atoms with Crippen LogP contribution in [-0.4, -0.2) is 75.2 Å². The van der Waals surface area contributed by atoms with Crippen molar-refractivity contribution in [2.24, 2.45) is 59.2 Å². The first-order valence-electron chi connectivity index (χ1n) is 21.8. The number of carbonyl (C=O) groups is 2. The molecule has 2 aromatic carbocycles. The van der Waals surface area contributed by atoms with Crippen LogP contribution in [0.3, 0.4) is 0 Å². The number of hydrogen-bond acceptors (Lipinski definition) is 4. The van der Waals surface area contributed by atoms with Crippen molar-refractivity contribution in [2.45, 2.75) is 102 Å². The number of hydrogen-bond donors (Lipinski definition) is 2. The number of nitrogens with one attached hydrogen (secondary N) is 2. The van der Waals surface area contributed by atoms with Crippen LogP contribution in [0.4, 0.5) is 32.3 Å². The van der Waals surface area contributed by atoms with Gasteiger partial charge in [0.1, 0.15) is 0 Å². The molecule has 0 spiro atoms. The zero-order chi connectivity index (χ0) is 37.1. The molecule has 2 aromatic rings. The third kappa shape index (κ3) is 7.32. The summed E-state index contributed by atoms with van der Waals surface area (Å²) >= 11 is 0. The van der Waals surface area contributed by atoms with Crippen molar-refractivity contribution in [3.8, 4) is 0 Å². The summed E-state index contributed by atoms with van der Waals surface area (Å²) in [4.78, 5) is 37.6. The van der Waals surface area contributed by atoms with Crippen LogP contribution >= 0.6 is 0 Å². The SMILES string of the molecule is CN(C)c1ccc(NC(=O)N(CC2CCC(CN(C(=O)Nc3ccc(N(C)C)cc3)C3C4CC5CC(C4)CC3C5)CC2)C2C3CC4CC(C3)CC2C4)cc1. The molecule has 8 bridgehead atoms. The summed E-state index contributed by atoms with van der Waals surface area (Å²) in [5.74, 6) is 7.20. The lowest BCUT2D eigenvalue weighted by Gasteiger charge is -2.57. The Bertz CT molecular complexity index is 1450. The Hall–Kier alpha value is -3.42. The van der Waals surface area contributed by atoms with E-state index in [2.05, 4.69) is 107 Å². The van der Waals surface area contributed by atoms with Gasteiger partial charge in [-0.15, -0.1) is 0 Å². The highest BCUT2D eigenvalue weighted by molar-refractivity contribution is 5.90. The van der Waals surface area contributed by atoms with Gasteiger partial charge in [0.2, 0.25) is 0 Å². The Morgan fingerprint density at radius 1 is 0.481 bits per heavy atom. The molecule has 0 unspecified atom stereocenters. The molecule has 0 aliphatic heterocycles. The summed E-state index contributed by atoms with van der Waals surface area (Å²) in [5, 5.41) is 6.72. The summed E-state index contributed by atoms with van der Waals surface area (Å²) in [6.45, 7) is 1.73. The summed E-state index contributed by atoms with van der Waals surface area (Å²) in [6, 6.07) is 17.6. The van der Waals surface area contributed by atoms with E-state index in [0.29, 0.717) is 47.6 Å². The molecule has 54 heavy (non-hydrogen) atoms. The molecule has 8 nitrogen and oxygen atoms in total. The van der Waals surface area contributed by atoms with Crippen LogP contribution in [0.5, 0.6) is 0 Å². The summed E-state index contributed by atoms with van der Waals surface area (Å²) in [6.07, 6.45) is 17.9. The summed E-state index contributed by atoms with van der Waals surface area (Å²) in [5.41, 5.74) is 4.06. The van der Waals surface area contributed by atoms with Gasteiger partial charge in [0, 0.05) is 76.1 Å². The average molecular weight is 735 g/mol. The normalized spacial score (nSPS) is 35.8. The standard InChI is InChI=1S/C46H66N6O2/c1-49(2)41-13-9-39(10-14-41)47-45(53)51(43-35-19-31-17-32(21-35)22-36(43)20-31)27-29-5-7-30(8-6-29)28-52(44-37-23-33-18-34(25-37)26-38(44)24-33)46(54)48-40-11-15-42(16-12-40)50(3)4/h9-16,29-38,43-44H,5-8,17-28H2,1-4H3,(H,47,53)(H,48,54). The molecule has 8 heteroatoms. The fourth-order valence-electron chi connectivity index (χ4n) is 13.7. The van der Waals surface area contributed by atoms with Crippen molar-refractivity contribution in [1.29, 1.82) is 0 Å². The fourth-order valence-corrected chi connectivity index (χ4v) is 13.7. The minimum absolute atomic E-state index is 0.107. The second kappa shape index (κ2) is 14.9. The van der Waals surface area contributed by atoms with Gasteiger partial charge >= 0.3 is 12.1 Å². The van der Waals surface area contributed by atoms with Crippen molar-refractivity contribution in [3.05, 3.63) is 48.5 Å². The minimum Gasteiger partial charge on any atom is -0.378 e. The monoisotopic (exact) mass is 735 g/mol. The molecule has 4 amide bonds. The smallest absolute Gasteiger partial charge is 0.322 e. The second-order valence-corrected chi connectivity index (χ2v) is 19.8. The largest absolute Gasteiger partial charge is 0.378 e. The van der Waals surface area contributed by atoms with Crippen LogP contribution in [0, 0.1) is 59.2 Å². The quantitative estimate of drug-likeness (QED) is 0.255. The van der Waals surface area contributed by atoms with Gasteiger partial charge in [-0.25, -0.2) is 9.59 Å². The molecule has 11 rings (SSSR count). The molecule has 0 radical (unpaired) electrons. The highest BCUT2D eigenvalue weighted by atomic mass is 16.2. The van der Waals surface area contributed by atoms with E-state index in [-0.39, 0.29) is 12.1 Å². The molecule has 292 valence electrons. The maximum atomic E-state index is 14.4. The zero-order valence-electron chi connectivity index (χ0n) is 33.5. The molecule has 2 N–H and O–H groups in total. The first kappa shape index (κ1) is 36.2. The number of urea groups is 2. The van der Waals surface area contributed by atoms with E-state index in [4.69, 9.17) is 0 Å². The lowest BCUT2D eigenvalue weighted by Crippen LogP contribution is -2.59. The molecule has 9 aliphatic rings. The minimum atomic E-state index is 0.107. The highest BCUT2D eigenvalue weighted by Gasteiger charge is 2.53. The molecule has 9 aliphatic carbocycles. The fraction of sp³-hybridized carbons (Fsp3) is 0.696. The van der Waals surface area contributed by atoms with E-state index < -0.39 is 0 Å². The van der Waals surface area contributed by atoms with Crippen LogP contribution in [0.25, 0.3) is 0 Å². The Kier molecular flexibility index (Phi) is 10.0. The van der Waals surface area contributed by atoms with Gasteiger partial charge in [-0.2, -0.15) is 0 Å². The van der Waals surface area contributed by atoms with Crippen LogP contribution in [0.1, 0.15) is 89.9 Å². The van der Waals surface area contributed by atoms with Gasteiger partial charge in [0.05, 0.1) is 0 Å². The molecule has 0 aromatic heterocycles. The molecule has 0 heterocycles. The number of anilines is 4. The first-order chi connectivity index (χ1) is 26.1. The maximum Gasteiger partial charge on any atom is 0.322 e. The maximum absolute atomic E-state index is 14.4. The molecule has 9 fully saturated rings. The van der Waals surface area contributed by atoms with Crippen molar-refractivity contribution in [3.63, 3.8) is 0 Å². The second-order valence-electron chi connectivity index (χ2n) is 19.8. The third-order valence-corrected chi connectivity index (χ3v) is 15.7. The van der Waals surface area contributed by atoms with E-state index in [1.54, 1.807) is 0 Å². The number of amides is 4. The van der Waals surface area contributed by atoms with Gasteiger partial charge in [-0.3, -0.25) is 0 Å². The number of rotatable bonds is 10. The van der Waals surface area contributed by atoms with Gasteiger partial charge < -0.3 is 30.2 Å². The predicted molar refractivity (Wildman–Crippen MR) is 220 cm³/mol. The Labute approximate surface area is 324 Å².